The van der Waals surface area contributed by atoms with Gasteiger partial charge < -0.3 is 28.8 Å². The quantitative estimate of drug-likeness (QED) is 0.0272. The molecule has 0 aromatic rings. The Morgan fingerprint density at radius 2 is 0.772 bits per heavy atom. The lowest BCUT2D eigenvalue weighted by Gasteiger charge is -2.29. The number of unbranched alkanes of at least 4 members (excludes halogenated alkanes) is 39. The maximum Gasteiger partial charge on any atom is 0.268 e. The molecular formula is C70H131N2O6P. The molecule has 0 fully saturated rings. The number of amides is 1. The van der Waals surface area contributed by atoms with Gasteiger partial charge in [-0.15, -0.1) is 0 Å². The van der Waals surface area contributed by atoms with Gasteiger partial charge in [-0.25, -0.2) is 0 Å². The number of nitrogens with one attached hydrogen (secondary N) is 1. The Bertz CT molecular complexity index is 1520. The molecule has 8 nitrogen and oxygen atoms in total. The Hall–Kier alpha value is -2.06. The molecule has 0 aromatic carbocycles. The lowest BCUT2D eigenvalue weighted by atomic mass is 10.0. The normalized spacial score (nSPS) is 14.2. The molecule has 0 rings (SSSR count). The molecule has 3 unspecified atom stereocenters. The zero-order valence-electron chi connectivity index (χ0n) is 52.8. The monoisotopic (exact) mass is 1130 g/mol. The number of carbonyl (C=O) groups excluding carboxylic acids is 1. The molecule has 3 atom stereocenters. The van der Waals surface area contributed by atoms with Gasteiger partial charge in [-0.05, 0) is 64.2 Å². The summed E-state index contributed by atoms with van der Waals surface area (Å²) < 4.78 is 23.5. The first-order valence-electron chi connectivity index (χ1n) is 33.8. The Kier molecular flexibility index (Phi) is 59.0. The Morgan fingerprint density at radius 1 is 0.456 bits per heavy atom. The van der Waals surface area contributed by atoms with Gasteiger partial charge in [0, 0.05) is 6.42 Å². The lowest BCUT2D eigenvalue weighted by Crippen LogP contribution is -2.45. The molecule has 2 N–H and O–H groups in total. The maximum atomic E-state index is 13.0. The average Bonchev–Trinajstić information content (AvgIpc) is 3.42. The molecule has 0 aliphatic rings. The van der Waals surface area contributed by atoms with E-state index in [4.69, 9.17) is 9.05 Å². The third kappa shape index (κ3) is 63.4. The van der Waals surface area contributed by atoms with Crippen LogP contribution in [0.2, 0.25) is 0 Å². The first-order valence-corrected chi connectivity index (χ1v) is 35.3. The van der Waals surface area contributed by atoms with E-state index < -0.39 is 20.0 Å². The number of aliphatic hydroxyl groups is 1. The van der Waals surface area contributed by atoms with Crippen LogP contribution in [0.15, 0.2) is 72.9 Å². The van der Waals surface area contributed by atoms with E-state index in [0.717, 1.165) is 70.6 Å². The van der Waals surface area contributed by atoms with E-state index >= 15 is 0 Å². The van der Waals surface area contributed by atoms with Crippen LogP contribution in [0.4, 0.5) is 0 Å². The highest BCUT2D eigenvalue weighted by Crippen LogP contribution is 2.38. The summed E-state index contributed by atoms with van der Waals surface area (Å²) in [6.07, 6.45) is 84.4. The Morgan fingerprint density at radius 3 is 1.13 bits per heavy atom. The van der Waals surface area contributed by atoms with E-state index in [-0.39, 0.29) is 19.1 Å². The van der Waals surface area contributed by atoms with Gasteiger partial charge in [-0.1, -0.05) is 318 Å². The van der Waals surface area contributed by atoms with Crippen molar-refractivity contribution >= 4 is 13.7 Å². The standard InChI is InChI=1S/C70H131N2O6P/c1-6-8-10-12-14-16-18-20-22-24-26-28-30-32-34-36-38-40-42-44-46-48-50-52-54-56-58-60-62-64-70(74)71-68(67-78-79(75,76)77-66-65-72(3,4)5)69(73)63-61-59-57-55-53-51-49-47-45-43-41-39-37-35-33-31-29-27-25-23-21-19-17-15-13-11-9-7-2/h8,10,14,16,20,22,26,28,32,34,61,63,68-69,73H,6-7,9,11-13,15,17-19,21,23-25,27,29-31,33,35-60,62,64-67H2,1-5H3,(H-,71,74,75,76)/b10-8-,16-14-,22-20-,28-26-,34-32-,63-61+. The fourth-order valence-corrected chi connectivity index (χ4v) is 10.7. The summed E-state index contributed by atoms with van der Waals surface area (Å²) in [5.74, 6) is -0.197. The van der Waals surface area contributed by atoms with Crippen molar-refractivity contribution in [1.29, 1.82) is 0 Å². The molecule has 0 radical (unpaired) electrons. The lowest BCUT2D eigenvalue weighted by molar-refractivity contribution is -0.870. The first kappa shape index (κ1) is 76.9. The van der Waals surface area contributed by atoms with Gasteiger partial charge in [-0.3, -0.25) is 9.36 Å². The molecular weight excluding hydrogens is 996 g/mol. The third-order valence-corrected chi connectivity index (χ3v) is 16.1. The predicted octanol–water partition coefficient (Wildman–Crippen LogP) is 20.8. The number of likely N-dealkylation sites (N-methyl/N-ethyl adjacent to an activating group) is 1. The third-order valence-electron chi connectivity index (χ3n) is 15.2. The summed E-state index contributed by atoms with van der Waals surface area (Å²) in [7, 11) is 1.26. The molecule has 0 aliphatic heterocycles. The number of rotatable bonds is 62. The van der Waals surface area contributed by atoms with Gasteiger partial charge in [0.15, 0.2) is 0 Å². The number of quaternary nitrogens is 1. The largest absolute Gasteiger partial charge is 0.756 e. The molecule has 0 saturated carbocycles. The summed E-state index contributed by atoms with van der Waals surface area (Å²) in [6, 6.07) is -0.892. The minimum absolute atomic E-state index is 0.00267. The van der Waals surface area contributed by atoms with Gasteiger partial charge in [0.05, 0.1) is 39.9 Å². The van der Waals surface area contributed by atoms with Crippen LogP contribution in [-0.2, 0) is 18.4 Å². The maximum absolute atomic E-state index is 13.0. The van der Waals surface area contributed by atoms with E-state index in [1.54, 1.807) is 6.08 Å². The van der Waals surface area contributed by atoms with Crippen LogP contribution in [0, 0.1) is 0 Å². The second kappa shape index (κ2) is 60.5. The molecule has 0 aliphatic carbocycles. The molecule has 1 amide bonds. The number of phosphoric acid groups is 1. The van der Waals surface area contributed by atoms with Gasteiger partial charge >= 0.3 is 0 Å². The Balaban J connectivity index is 4.11. The number of hydrogen-bond donors (Lipinski definition) is 2. The zero-order chi connectivity index (χ0) is 57.7. The predicted molar refractivity (Wildman–Crippen MR) is 344 cm³/mol. The summed E-state index contributed by atoms with van der Waals surface area (Å²) in [6.45, 7) is 4.57. The zero-order valence-corrected chi connectivity index (χ0v) is 53.7. The molecule has 0 bridgehead atoms. The molecule has 462 valence electrons. The van der Waals surface area contributed by atoms with Crippen molar-refractivity contribution in [2.45, 2.75) is 328 Å². The van der Waals surface area contributed by atoms with Crippen molar-refractivity contribution in [2.24, 2.45) is 0 Å². The Labute approximate surface area is 491 Å². The number of phosphoric ester groups is 1. The smallest absolute Gasteiger partial charge is 0.268 e. The highest BCUT2D eigenvalue weighted by Gasteiger charge is 2.23. The molecule has 0 heterocycles. The average molecular weight is 1130 g/mol. The highest BCUT2D eigenvalue weighted by molar-refractivity contribution is 7.45. The molecule has 79 heavy (non-hydrogen) atoms. The van der Waals surface area contributed by atoms with Crippen LogP contribution in [0.5, 0.6) is 0 Å². The van der Waals surface area contributed by atoms with Gasteiger partial charge in [0.1, 0.15) is 13.2 Å². The SMILES string of the molecule is CC/C=C\C/C=C\C/C=C\C/C=C\C/C=C\CCCCCCCCCCCCCCCC(=O)NC(COP(=O)([O-])OCC[N+](C)(C)C)C(O)/C=C/CCCCCCCCCCCCCCCCCCCCCCCCCCCC. The van der Waals surface area contributed by atoms with E-state index in [9.17, 15) is 19.4 Å². The van der Waals surface area contributed by atoms with E-state index in [1.165, 1.54) is 225 Å². The van der Waals surface area contributed by atoms with E-state index in [2.05, 4.69) is 79.9 Å². The molecule has 9 heteroatoms. The van der Waals surface area contributed by atoms with Gasteiger partial charge in [-0.2, -0.15) is 0 Å². The minimum atomic E-state index is -4.61. The number of hydrogen-bond acceptors (Lipinski definition) is 6. The van der Waals surface area contributed by atoms with Crippen molar-refractivity contribution in [3.63, 3.8) is 0 Å². The van der Waals surface area contributed by atoms with Gasteiger partial charge in [0.2, 0.25) is 5.91 Å². The van der Waals surface area contributed by atoms with Crippen LogP contribution in [-0.4, -0.2) is 68.5 Å². The summed E-state index contributed by atoms with van der Waals surface area (Å²) in [4.78, 5) is 25.6. The van der Waals surface area contributed by atoms with Crippen molar-refractivity contribution in [3.05, 3.63) is 72.9 Å². The summed E-state index contributed by atoms with van der Waals surface area (Å²) >= 11 is 0. The fourth-order valence-electron chi connectivity index (χ4n) is 9.95. The number of nitrogens with zero attached hydrogens (tertiary/aromatic N) is 1. The molecule has 0 spiro atoms. The second-order valence-electron chi connectivity index (χ2n) is 24.2. The van der Waals surface area contributed by atoms with Crippen LogP contribution in [0.1, 0.15) is 316 Å². The highest BCUT2D eigenvalue weighted by atomic mass is 31.2. The van der Waals surface area contributed by atoms with Crippen molar-refractivity contribution in [1.82, 2.24) is 5.32 Å². The number of carbonyl (C=O) groups is 1. The van der Waals surface area contributed by atoms with Crippen molar-refractivity contribution in [3.8, 4) is 0 Å². The summed E-state index contributed by atoms with van der Waals surface area (Å²) in [5.41, 5.74) is 0. The fraction of sp³-hybridized carbons (Fsp3) is 0.814. The molecule has 0 saturated heterocycles. The summed E-state index contributed by atoms with van der Waals surface area (Å²) in [5, 5.41) is 14.0. The minimum Gasteiger partial charge on any atom is -0.756 e. The van der Waals surface area contributed by atoms with Crippen LogP contribution in [0.25, 0.3) is 0 Å². The van der Waals surface area contributed by atoms with Crippen LogP contribution >= 0.6 is 7.82 Å². The van der Waals surface area contributed by atoms with E-state index in [0.29, 0.717) is 17.4 Å². The van der Waals surface area contributed by atoms with Crippen LogP contribution < -0.4 is 10.2 Å². The van der Waals surface area contributed by atoms with E-state index in [1.807, 2.05) is 27.2 Å². The number of allylic oxidation sites excluding steroid dienone is 11. The number of aliphatic hydroxyl groups excluding tert-OH is 1. The first-order chi connectivity index (χ1) is 38.5. The van der Waals surface area contributed by atoms with Crippen molar-refractivity contribution in [2.75, 3.05) is 40.9 Å². The topological polar surface area (TPSA) is 108 Å². The second-order valence-corrected chi connectivity index (χ2v) is 25.6. The van der Waals surface area contributed by atoms with Crippen LogP contribution in [0.3, 0.4) is 0 Å². The van der Waals surface area contributed by atoms with Crippen molar-refractivity contribution < 1.29 is 32.9 Å². The van der Waals surface area contributed by atoms with Gasteiger partial charge in [0.25, 0.3) is 7.82 Å². The molecule has 0 aromatic heterocycles.